The standard InChI is InChI=1S/C9H13BO3/c1-3-7-4-5-9(13-2)8(6-7)10(11)12/h4-6,11-12H,3H2,1-2H3. The normalized spacial score (nSPS) is 9.85. The zero-order chi connectivity index (χ0) is 9.84. The zero-order valence-corrected chi connectivity index (χ0v) is 7.82. The second kappa shape index (κ2) is 4.30. The van der Waals surface area contributed by atoms with Crippen molar-refractivity contribution in [3.8, 4) is 5.75 Å². The van der Waals surface area contributed by atoms with Crippen LogP contribution in [0.15, 0.2) is 18.2 Å². The Morgan fingerprint density at radius 2 is 2.08 bits per heavy atom. The largest absolute Gasteiger partial charge is 0.497 e. The molecule has 3 nitrogen and oxygen atoms in total. The van der Waals surface area contributed by atoms with E-state index in [1.807, 2.05) is 13.0 Å². The third-order valence-electron chi connectivity index (χ3n) is 1.98. The molecular weight excluding hydrogens is 167 g/mol. The van der Waals surface area contributed by atoms with Gasteiger partial charge in [0.05, 0.1) is 7.11 Å². The summed E-state index contributed by atoms with van der Waals surface area (Å²) in [5.74, 6) is 0.507. The van der Waals surface area contributed by atoms with Crippen LogP contribution < -0.4 is 10.2 Å². The van der Waals surface area contributed by atoms with Gasteiger partial charge in [-0.05, 0) is 18.1 Å². The molecule has 1 rings (SSSR count). The minimum absolute atomic E-state index is 0.418. The molecule has 70 valence electrons. The lowest BCUT2D eigenvalue weighted by atomic mass is 9.78. The van der Waals surface area contributed by atoms with Crippen molar-refractivity contribution < 1.29 is 14.8 Å². The average Bonchev–Trinajstić information content (AvgIpc) is 2.16. The molecule has 13 heavy (non-hydrogen) atoms. The van der Waals surface area contributed by atoms with E-state index in [1.54, 1.807) is 12.1 Å². The Kier molecular flexibility index (Phi) is 3.34. The predicted molar refractivity (Wildman–Crippen MR) is 52.2 cm³/mol. The van der Waals surface area contributed by atoms with Gasteiger partial charge in [0.15, 0.2) is 0 Å². The lowest BCUT2D eigenvalue weighted by molar-refractivity contribution is 0.403. The monoisotopic (exact) mass is 180 g/mol. The lowest BCUT2D eigenvalue weighted by Crippen LogP contribution is -2.31. The van der Waals surface area contributed by atoms with Crippen LogP contribution in [-0.4, -0.2) is 24.3 Å². The van der Waals surface area contributed by atoms with E-state index in [2.05, 4.69) is 0 Å². The molecule has 1 aromatic rings. The van der Waals surface area contributed by atoms with E-state index in [0.717, 1.165) is 12.0 Å². The number of ether oxygens (including phenoxy) is 1. The smallest absolute Gasteiger partial charge is 0.492 e. The van der Waals surface area contributed by atoms with Crippen molar-refractivity contribution >= 4 is 12.6 Å². The van der Waals surface area contributed by atoms with Crippen LogP contribution in [0.3, 0.4) is 0 Å². The summed E-state index contributed by atoms with van der Waals surface area (Å²) in [6.45, 7) is 2.01. The summed E-state index contributed by atoms with van der Waals surface area (Å²) in [6, 6.07) is 5.39. The van der Waals surface area contributed by atoms with Gasteiger partial charge >= 0.3 is 7.12 Å². The van der Waals surface area contributed by atoms with Gasteiger partial charge in [0.2, 0.25) is 0 Å². The highest BCUT2D eigenvalue weighted by Crippen LogP contribution is 2.09. The molecule has 4 heteroatoms. The summed E-state index contributed by atoms with van der Waals surface area (Å²) >= 11 is 0. The number of rotatable bonds is 3. The fourth-order valence-corrected chi connectivity index (χ4v) is 1.21. The van der Waals surface area contributed by atoms with Gasteiger partial charge in [0, 0.05) is 5.46 Å². The second-order valence-corrected chi connectivity index (χ2v) is 2.80. The average molecular weight is 180 g/mol. The molecule has 0 aliphatic carbocycles. The van der Waals surface area contributed by atoms with Crippen LogP contribution >= 0.6 is 0 Å². The maximum Gasteiger partial charge on any atom is 0.492 e. The van der Waals surface area contributed by atoms with Gasteiger partial charge < -0.3 is 14.8 Å². The van der Waals surface area contributed by atoms with Crippen LogP contribution in [0.25, 0.3) is 0 Å². The number of methoxy groups -OCH3 is 1. The summed E-state index contributed by atoms with van der Waals surface area (Å²) in [7, 11) is 0.0359. The Hall–Kier alpha value is -0.995. The first kappa shape index (κ1) is 10.1. The molecule has 0 aliphatic heterocycles. The Morgan fingerprint density at radius 1 is 1.38 bits per heavy atom. The summed E-state index contributed by atoms with van der Waals surface area (Å²) in [4.78, 5) is 0. The molecule has 0 aromatic heterocycles. The lowest BCUT2D eigenvalue weighted by Gasteiger charge is -2.08. The highest BCUT2D eigenvalue weighted by molar-refractivity contribution is 6.59. The highest BCUT2D eigenvalue weighted by Gasteiger charge is 2.16. The fourth-order valence-electron chi connectivity index (χ4n) is 1.21. The van der Waals surface area contributed by atoms with Gasteiger partial charge in [-0.1, -0.05) is 19.1 Å². The van der Waals surface area contributed by atoms with Crippen molar-refractivity contribution in [2.75, 3.05) is 7.11 Å². The molecule has 0 unspecified atom stereocenters. The first-order valence-corrected chi connectivity index (χ1v) is 4.22. The first-order valence-electron chi connectivity index (χ1n) is 4.22. The summed E-state index contributed by atoms with van der Waals surface area (Å²) in [5, 5.41) is 18.1. The van der Waals surface area contributed by atoms with Crippen molar-refractivity contribution in [2.45, 2.75) is 13.3 Å². The van der Waals surface area contributed by atoms with Crippen molar-refractivity contribution in [3.05, 3.63) is 23.8 Å². The van der Waals surface area contributed by atoms with Crippen LogP contribution in [0.5, 0.6) is 5.75 Å². The van der Waals surface area contributed by atoms with Crippen LogP contribution in [0.4, 0.5) is 0 Å². The maximum absolute atomic E-state index is 9.03. The van der Waals surface area contributed by atoms with E-state index in [4.69, 9.17) is 14.8 Å². The topological polar surface area (TPSA) is 49.7 Å². The predicted octanol–water partition coefficient (Wildman–Crippen LogP) is -0.0626. The van der Waals surface area contributed by atoms with Crippen LogP contribution in [-0.2, 0) is 6.42 Å². The molecule has 0 aliphatic rings. The van der Waals surface area contributed by atoms with Gasteiger partial charge in [-0.3, -0.25) is 0 Å². The maximum atomic E-state index is 9.03. The zero-order valence-electron chi connectivity index (χ0n) is 7.82. The molecule has 0 saturated heterocycles. The molecule has 0 saturated carbocycles. The second-order valence-electron chi connectivity index (χ2n) is 2.80. The Balaban J connectivity index is 3.10. The molecule has 0 bridgehead atoms. The van der Waals surface area contributed by atoms with Gasteiger partial charge in [0.1, 0.15) is 5.75 Å². The molecule has 0 heterocycles. The third-order valence-corrected chi connectivity index (χ3v) is 1.98. The van der Waals surface area contributed by atoms with E-state index in [0.29, 0.717) is 11.2 Å². The van der Waals surface area contributed by atoms with E-state index in [1.165, 1.54) is 7.11 Å². The van der Waals surface area contributed by atoms with Crippen LogP contribution in [0.2, 0.25) is 0 Å². The molecule has 0 atom stereocenters. The van der Waals surface area contributed by atoms with Crippen molar-refractivity contribution in [3.63, 3.8) is 0 Å². The molecule has 0 fully saturated rings. The molecule has 0 radical (unpaired) electrons. The van der Waals surface area contributed by atoms with Crippen LogP contribution in [0.1, 0.15) is 12.5 Å². The SMILES string of the molecule is CCc1ccc(OC)c(B(O)O)c1. The molecule has 1 aromatic carbocycles. The number of hydrogen-bond acceptors (Lipinski definition) is 3. The number of hydrogen-bond donors (Lipinski definition) is 2. The number of aryl methyl sites for hydroxylation is 1. The molecule has 0 spiro atoms. The Labute approximate surface area is 78.1 Å². The Morgan fingerprint density at radius 3 is 2.54 bits per heavy atom. The molecule has 0 amide bonds. The van der Waals surface area contributed by atoms with Gasteiger partial charge in [-0.2, -0.15) is 0 Å². The quantitative estimate of drug-likeness (QED) is 0.640. The van der Waals surface area contributed by atoms with Crippen LogP contribution in [0, 0.1) is 0 Å². The fraction of sp³-hybridized carbons (Fsp3) is 0.333. The number of benzene rings is 1. The summed E-state index contributed by atoms with van der Waals surface area (Å²) in [5.41, 5.74) is 1.48. The first-order chi connectivity index (χ1) is 6.19. The third kappa shape index (κ3) is 2.23. The van der Waals surface area contributed by atoms with E-state index >= 15 is 0 Å². The van der Waals surface area contributed by atoms with Gasteiger partial charge in [-0.25, -0.2) is 0 Å². The van der Waals surface area contributed by atoms with Gasteiger partial charge in [-0.15, -0.1) is 0 Å². The molecular formula is C9H13BO3. The van der Waals surface area contributed by atoms with Crippen molar-refractivity contribution in [1.82, 2.24) is 0 Å². The van der Waals surface area contributed by atoms with Crippen molar-refractivity contribution in [1.29, 1.82) is 0 Å². The molecule has 2 N–H and O–H groups in total. The van der Waals surface area contributed by atoms with E-state index in [-0.39, 0.29) is 0 Å². The summed E-state index contributed by atoms with van der Waals surface area (Å²) in [6.07, 6.45) is 0.865. The van der Waals surface area contributed by atoms with Crippen molar-refractivity contribution in [2.24, 2.45) is 0 Å². The van der Waals surface area contributed by atoms with E-state index < -0.39 is 7.12 Å². The summed E-state index contributed by atoms with van der Waals surface area (Å²) < 4.78 is 4.99. The van der Waals surface area contributed by atoms with Gasteiger partial charge in [0.25, 0.3) is 0 Å². The Bertz CT molecular complexity index is 286. The minimum atomic E-state index is -1.47. The minimum Gasteiger partial charge on any atom is -0.497 e. The highest BCUT2D eigenvalue weighted by atomic mass is 16.5. The van der Waals surface area contributed by atoms with E-state index in [9.17, 15) is 0 Å².